The third-order valence-electron chi connectivity index (χ3n) is 2.57. The van der Waals surface area contributed by atoms with Crippen molar-refractivity contribution in [2.24, 2.45) is 0 Å². The Bertz CT molecular complexity index is 588. The summed E-state index contributed by atoms with van der Waals surface area (Å²) in [5, 5.41) is 20.4. The first-order valence-electron chi connectivity index (χ1n) is 5.92. The van der Waals surface area contributed by atoms with Crippen LogP contribution < -0.4 is 4.74 Å². The average Bonchev–Trinajstić information content (AvgIpc) is 2.90. The van der Waals surface area contributed by atoms with Crippen LogP contribution in [0.5, 0.6) is 5.75 Å². The Labute approximate surface area is 119 Å². The maximum absolute atomic E-state index is 10.5. The molecule has 0 saturated carbocycles. The highest BCUT2D eigenvalue weighted by Gasteiger charge is 2.09. The molecule has 0 aliphatic carbocycles. The summed E-state index contributed by atoms with van der Waals surface area (Å²) >= 11 is 1.11. The first-order chi connectivity index (χ1) is 9.69. The van der Waals surface area contributed by atoms with Crippen LogP contribution in [0.3, 0.4) is 0 Å². The highest BCUT2D eigenvalue weighted by atomic mass is 32.2. The van der Waals surface area contributed by atoms with Gasteiger partial charge in [0.05, 0.1) is 12.9 Å². The summed E-state index contributed by atoms with van der Waals surface area (Å²) < 4.78 is 6.77. The van der Waals surface area contributed by atoms with Gasteiger partial charge in [-0.3, -0.25) is 4.79 Å². The number of nitrogens with zero attached hydrogens (tertiary/aromatic N) is 4. The minimum Gasteiger partial charge on any atom is -0.497 e. The van der Waals surface area contributed by atoms with E-state index in [1.165, 1.54) is 0 Å². The minimum absolute atomic E-state index is 0.0560. The van der Waals surface area contributed by atoms with E-state index in [0.717, 1.165) is 29.5 Å². The number of tetrazole rings is 1. The van der Waals surface area contributed by atoms with Crippen molar-refractivity contribution in [3.05, 3.63) is 29.8 Å². The van der Waals surface area contributed by atoms with Gasteiger partial charge in [-0.05, 0) is 34.5 Å². The van der Waals surface area contributed by atoms with Crippen molar-refractivity contribution < 1.29 is 14.6 Å². The lowest BCUT2D eigenvalue weighted by Gasteiger charge is -2.05. The lowest BCUT2D eigenvalue weighted by molar-refractivity contribution is -0.133. The Kier molecular flexibility index (Phi) is 4.94. The molecular weight excluding hydrogens is 280 g/mol. The fraction of sp³-hybridized carbons (Fsp3) is 0.333. The van der Waals surface area contributed by atoms with Crippen LogP contribution in [-0.2, 0) is 17.8 Å². The van der Waals surface area contributed by atoms with Gasteiger partial charge in [0.2, 0.25) is 5.16 Å². The van der Waals surface area contributed by atoms with Crippen molar-refractivity contribution in [2.45, 2.75) is 18.1 Å². The molecule has 7 nitrogen and oxygen atoms in total. The molecule has 2 rings (SSSR count). The molecule has 0 saturated heterocycles. The van der Waals surface area contributed by atoms with Gasteiger partial charge in [0, 0.05) is 6.54 Å². The van der Waals surface area contributed by atoms with E-state index in [4.69, 9.17) is 9.84 Å². The topological polar surface area (TPSA) is 90.1 Å². The zero-order chi connectivity index (χ0) is 14.4. The predicted molar refractivity (Wildman–Crippen MR) is 72.9 cm³/mol. The molecular formula is C12H14N4O3S. The van der Waals surface area contributed by atoms with Gasteiger partial charge in [-0.1, -0.05) is 23.9 Å². The van der Waals surface area contributed by atoms with Crippen LogP contribution in [0.25, 0.3) is 0 Å². The van der Waals surface area contributed by atoms with Crippen LogP contribution in [-0.4, -0.2) is 44.1 Å². The van der Waals surface area contributed by atoms with Crippen molar-refractivity contribution in [1.82, 2.24) is 20.2 Å². The Morgan fingerprint density at radius 2 is 2.35 bits per heavy atom. The van der Waals surface area contributed by atoms with Gasteiger partial charge in [-0.15, -0.1) is 5.10 Å². The third kappa shape index (κ3) is 3.95. The van der Waals surface area contributed by atoms with Crippen LogP contribution >= 0.6 is 11.8 Å². The summed E-state index contributed by atoms with van der Waals surface area (Å²) in [5.41, 5.74) is 1.11. The van der Waals surface area contributed by atoms with Crippen molar-refractivity contribution in [3.8, 4) is 5.75 Å². The second-order valence-electron chi connectivity index (χ2n) is 3.97. The monoisotopic (exact) mass is 294 g/mol. The number of rotatable bonds is 7. The summed E-state index contributed by atoms with van der Waals surface area (Å²) in [6, 6.07) is 7.76. The van der Waals surface area contributed by atoms with E-state index in [0.29, 0.717) is 11.7 Å². The SMILES string of the molecule is COc1cccc(CCn2nnnc2SCC(=O)O)c1. The largest absolute Gasteiger partial charge is 0.497 e. The second kappa shape index (κ2) is 6.90. The molecule has 20 heavy (non-hydrogen) atoms. The molecule has 0 aliphatic heterocycles. The molecule has 0 atom stereocenters. The number of carbonyl (C=O) groups is 1. The number of ether oxygens (including phenoxy) is 1. The van der Waals surface area contributed by atoms with Crippen LogP contribution in [0.15, 0.2) is 29.4 Å². The maximum atomic E-state index is 10.5. The summed E-state index contributed by atoms with van der Waals surface area (Å²) in [7, 11) is 1.63. The zero-order valence-electron chi connectivity index (χ0n) is 10.9. The Balaban J connectivity index is 1.96. The molecule has 8 heteroatoms. The maximum Gasteiger partial charge on any atom is 0.313 e. The van der Waals surface area contributed by atoms with Crippen molar-refractivity contribution in [1.29, 1.82) is 0 Å². The first kappa shape index (κ1) is 14.3. The Hall–Kier alpha value is -2.09. The molecule has 1 heterocycles. The number of thioether (sulfide) groups is 1. The molecule has 1 aromatic heterocycles. The quantitative estimate of drug-likeness (QED) is 0.765. The fourth-order valence-corrected chi connectivity index (χ4v) is 2.25. The molecule has 0 aliphatic rings. The summed E-state index contributed by atoms with van der Waals surface area (Å²) in [4.78, 5) is 10.5. The van der Waals surface area contributed by atoms with Gasteiger partial charge in [0.25, 0.3) is 0 Å². The number of carboxylic acids is 1. The summed E-state index contributed by atoms with van der Waals surface area (Å²) in [5.74, 6) is -0.142. The van der Waals surface area contributed by atoms with Gasteiger partial charge >= 0.3 is 5.97 Å². The number of benzene rings is 1. The number of hydrogen-bond donors (Lipinski definition) is 1. The summed E-state index contributed by atoms with van der Waals surface area (Å²) in [6.07, 6.45) is 0.739. The van der Waals surface area contributed by atoms with E-state index in [9.17, 15) is 4.79 Å². The molecule has 0 amide bonds. The van der Waals surface area contributed by atoms with Crippen molar-refractivity contribution in [3.63, 3.8) is 0 Å². The van der Waals surface area contributed by atoms with E-state index in [2.05, 4.69) is 15.5 Å². The molecule has 106 valence electrons. The van der Waals surface area contributed by atoms with E-state index in [1.54, 1.807) is 11.8 Å². The molecule has 0 spiro atoms. The highest BCUT2D eigenvalue weighted by Crippen LogP contribution is 2.16. The van der Waals surface area contributed by atoms with Crippen molar-refractivity contribution >= 4 is 17.7 Å². The fourth-order valence-electron chi connectivity index (χ4n) is 1.63. The molecule has 0 unspecified atom stereocenters. The van der Waals surface area contributed by atoms with Crippen molar-refractivity contribution in [2.75, 3.05) is 12.9 Å². The normalized spacial score (nSPS) is 10.4. The molecule has 1 N–H and O–H groups in total. The summed E-state index contributed by atoms with van der Waals surface area (Å²) in [6.45, 7) is 0.585. The van der Waals surface area contributed by atoms with Crippen LogP contribution in [0, 0.1) is 0 Å². The van der Waals surface area contributed by atoms with Gasteiger partial charge in [0.1, 0.15) is 5.75 Å². The van der Waals surface area contributed by atoms with Gasteiger partial charge in [-0.25, -0.2) is 4.68 Å². The Morgan fingerprint density at radius 1 is 1.50 bits per heavy atom. The van der Waals surface area contributed by atoms with E-state index in [1.807, 2.05) is 24.3 Å². The second-order valence-corrected chi connectivity index (χ2v) is 4.91. The van der Waals surface area contributed by atoms with E-state index in [-0.39, 0.29) is 5.75 Å². The highest BCUT2D eigenvalue weighted by molar-refractivity contribution is 7.99. The number of aromatic nitrogens is 4. The smallest absolute Gasteiger partial charge is 0.313 e. The van der Waals surface area contributed by atoms with Gasteiger partial charge in [0.15, 0.2) is 0 Å². The molecule has 0 fully saturated rings. The molecule has 1 aromatic carbocycles. The third-order valence-corrected chi connectivity index (χ3v) is 3.51. The Morgan fingerprint density at radius 3 is 3.10 bits per heavy atom. The number of methoxy groups -OCH3 is 1. The van der Waals surface area contributed by atoms with Gasteiger partial charge < -0.3 is 9.84 Å². The van der Waals surface area contributed by atoms with E-state index >= 15 is 0 Å². The predicted octanol–water partition coefficient (Wildman–Crippen LogP) is 1.10. The lowest BCUT2D eigenvalue weighted by atomic mass is 10.1. The number of aryl methyl sites for hydroxylation is 2. The number of carboxylic acid groups (broad SMARTS) is 1. The van der Waals surface area contributed by atoms with Crippen LogP contribution in [0.2, 0.25) is 0 Å². The zero-order valence-corrected chi connectivity index (χ0v) is 11.7. The molecule has 0 bridgehead atoms. The number of aliphatic carboxylic acids is 1. The van der Waals surface area contributed by atoms with Crippen LogP contribution in [0.1, 0.15) is 5.56 Å². The first-order valence-corrected chi connectivity index (χ1v) is 6.91. The standard InChI is InChI=1S/C12H14N4O3S/c1-19-10-4-2-3-9(7-10)5-6-16-12(13-14-15-16)20-8-11(17)18/h2-4,7H,5-6,8H2,1H3,(H,17,18). The minimum atomic E-state index is -0.891. The van der Waals surface area contributed by atoms with Crippen LogP contribution in [0.4, 0.5) is 0 Å². The molecule has 2 aromatic rings. The lowest BCUT2D eigenvalue weighted by Crippen LogP contribution is -2.07. The molecule has 0 radical (unpaired) electrons. The van der Waals surface area contributed by atoms with E-state index < -0.39 is 5.97 Å². The average molecular weight is 294 g/mol. The van der Waals surface area contributed by atoms with Gasteiger partial charge in [-0.2, -0.15) is 0 Å². The number of hydrogen-bond acceptors (Lipinski definition) is 6.